The third kappa shape index (κ3) is 4.99. The first-order chi connectivity index (χ1) is 12.5. The largest absolute Gasteiger partial charge is 0.493 e. The highest BCUT2D eigenvalue weighted by atomic mass is 127. The van der Waals surface area contributed by atoms with Gasteiger partial charge in [-0.3, -0.25) is 4.79 Å². The van der Waals surface area contributed by atoms with Gasteiger partial charge in [-0.15, -0.1) is 0 Å². The SMILES string of the molecule is CCOc1ccc(C=C(C#N)C(=O)Nc2ccc(I)cc2C)cc1OC. The summed E-state index contributed by atoms with van der Waals surface area (Å²) in [6.07, 6.45) is 1.52. The van der Waals surface area contributed by atoms with Gasteiger partial charge in [0.05, 0.1) is 13.7 Å². The molecule has 1 N–H and O–H groups in total. The second-order valence-electron chi connectivity index (χ2n) is 5.43. The molecule has 0 heterocycles. The molecular weight excluding hydrogens is 443 g/mol. The molecule has 1 amide bonds. The fourth-order valence-electron chi connectivity index (χ4n) is 2.32. The highest BCUT2D eigenvalue weighted by Crippen LogP contribution is 2.29. The number of carbonyl (C=O) groups is 1. The van der Waals surface area contributed by atoms with Crippen LogP contribution in [0.5, 0.6) is 11.5 Å². The maximum absolute atomic E-state index is 12.4. The van der Waals surface area contributed by atoms with E-state index in [1.165, 1.54) is 6.08 Å². The van der Waals surface area contributed by atoms with E-state index >= 15 is 0 Å². The first-order valence-electron chi connectivity index (χ1n) is 7.98. The number of amides is 1. The lowest BCUT2D eigenvalue weighted by molar-refractivity contribution is -0.112. The average Bonchev–Trinajstić information content (AvgIpc) is 2.63. The first-order valence-corrected chi connectivity index (χ1v) is 9.06. The second kappa shape index (κ2) is 9.25. The van der Waals surface area contributed by atoms with Crippen molar-refractivity contribution in [3.05, 3.63) is 56.7 Å². The molecule has 0 saturated heterocycles. The molecule has 0 spiro atoms. The van der Waals surface area contributed by atoms with Crippen LogP contribution in [0.25, 0.3) is 6.08 Å². The summed E-state index contributed by atoms with van der Waals surface area (Å²) >= 11 is 2.21. The van der Waals surface area contributed by atoms with Gasteiger partial charge in [0.1, 0.15) is 11.6 Å². The van der Waals surface area contributed by atoms with E-state index in [2.05, 4.69) is 27.9 Å². The number of nitrogens with one attached hydrogen (secondary N) is 1. The van der Waals surface area contributed by atoms with Gasteiger partial charge in [0.25, 0.3) is 5.91 Å². The monoisotopic (exact) mass is 462 g/mol. The molecule has 0 radical (unpaired) electrons. The fourth-order valence-corrected chi connectivity index (χ4v) is 2.97. The van der Waals surface area contributed by atoms with E-state index in [0.29, 0.717) is 29.4 Å². The van der Waals surface area contributed by atoms with Gasteiger partial charge in [0.2, 0.25) is 0 Å². The minimum atomic E-state index is -0.454. The lowest BCUT2D eigenvalue weighted by Crippen LogP contribution is -2.14. The lowest BCUT2D eigenvalue weighted by atomic mass is 10.1. The van der Waals surface area contributed by atoms with Gasteiger partial charge in [0.15, 0.2) is 11.5 Å². The molecule has 0 aliphatic carbocycles. The quantitative estimate of drug-likeness (QED) is 0.389. The Kier molecular flexibility index (Phi) is 7.04. The molecule has 6 heteroatoms. The molecule has 2 rings (SSSR count). The first kappa shape index (κ1) is 19.8. The van der Waals surface area contributed by atoms with Crippen molar-refractivity contribution in [1.29, 1.82) is 5.26 Å². The number of hydrogen-bond acceptors (Lipinski definition) is 4. The number of halogens is 1. The van der Waals surface area contributed by atoms with Crippen molar-refractivity contribution >= 4 is 40.3 Å². The van der Waals surface area contributed by atoms with Gasteiger partial charge in [0, 0.05) is 9.26 Å². The third-order valence-electron chi connectivity index (χ3n) is 3.60. The molecule has 26 heavy (non-hydrogen) atoms. The summed E-state index contributed by atoms with van der Waals surface area (Å²) in [5.41, 5.74) is 2.30. The fraction of sp³-hybridized carbons (Fsp3) is 0.200. The maximum Gasteiger partial charge on any atom is 0.266 e. The van der Waals surface area contributed by atoms with Crippen molar-refractivity contribution in [2.45, 2.75) is 13.8 Å². The van der Waals surface area contributed by atoms with Crippen LogP contribution in [-0.4, -0.2) is 19.6 Å². The summed E-state index contributed by atoms with van der Waals surface area (Å²) in [5.74, 6) is 0.709. The Balaban J connectivity index is 2.26. The van der Waals surface area contributed by atoms with E-state index < -0.39 is 5.91 Å². The molecule has 134 valence electrons. The van der Waals surface area contributed by atoms with Crippen LogP contribution in [-0.2, 0) is 4.79 Å². The van der Waals surface area contributed by atoms with Gasteiger partial charge in [-0.1, -0.05) is 6.07 Å². The van der Waals surface area contributed by atoms with E-state index in [9.17, 15) is 10.1 Å². The van der Waals surface area contributed by atoms with Gasteiger partial charge < -0.3 is 14.8 Å². The summed E-state index contributed by atoms with van der Waals surface area (Å²) in [7, 11) is 1.54. The van der Waals surface area contributed by atoms with Crippen LogP contribution < -0.4 is 14.8 Å². The molecule has 0 aromatic heterocycles. The van der Waals surface area contributed by atoms with Crippen LogP contribution in [0.3, 0.4) is 0 Å². The van der Waals surface area contributed by atoms with Gasteiger partial charge in [-0.05, 0) is 84.0 Å². The molecular formula is C20H19IN2O3. The predicted molar refractivity (Wildman–Crippen MR) is 110 cm³/mol. The Hall–Kier alpha value is -2.53. The molecule has 2 aromatic carbocycles. The minimum Gasteiger partial charge on any atom is -0.493 e. The minimum absolute atomic E-state index is 0.00848. The highest BCUT2D eigenvalue weighted by molar-refractivity contribution is 14.1. The van der Waals surface area contributed by atoms with Gasteiger partial charge in [-0.2, -0.15) is 5.26 Å². The Labute approximate surface area is 166 Å². The number of rotatable bonds is 6. The van der Waals surface area contributed by atoms with E-state index in [0.717, 1.165) is 9.13 Å². The number of nitriles is 1. The van der Waals surface area contributed by atoms with Crippen LogP contribution in [0, 0.1) is 21.8 Å². The Bertz CT molecular complexity index is 885. The maximum atomic E-state index is 12.4. The summed E-state index contributed by atoms with van der Waals surface area (Å²) < 4.78 is 11.9. The Morgan fingerprint density at radius 2 is 2.04 bits per heavy atom. The Morgan fingerprint density at radius 3 is 2.65 bits per heavy atom. The lowest BCUT2D eigenvalue weighted by Gasteiger charge is -2.10. The number of nitrogens with zero attached hydrogens (tertiary/aromatic N) is 1. The van der Waals surface area contributed by atoms with Crippen molar-refractivity contribution in [2.75, 3.05) is 19.0 Å². The summed E-state index contributed by atoms with van der Waals surface area (Å²) in [5, 5.41) is 12.2. The molecule has 0 aliphatic rings. The van der Waals surface area contributed by atoms with Crippen molar-refractivity contribution in [3.63, 3.8) is 0 Å². The number of carbonyl (C=O) groups excluding carboxylic acids is 1. The zero-order valence-electron chi connectivity index (χ0n) is 14.8. The second-order valence-corrected chi connectivity index (χ2v) is 6.67. The summed E-state index contributed by atoms with van der Waals surface area (Å²) in [6.45, 7) is 4.32. The number of methoxy groups -OCH3 is 1. The van der Waals surface area contributed by atoms with Gasteiger partial charge >= 0.3 is 0 Å². The number of ether oxygens (including phenoxy) is 2. The highest BCUT2D eigenvalue weighted by Gasteiger charge is 2.12. The molecule has 0 atom stereocenters. The van der Waals surface area contributed by atoms with Crippen LogP contribution in [0.2, 0.25) is 0 Å². The van der Waals surface area contributed by atoms with Crippen molar-refractivity contribution in [1.82, 2.24) is 0 Å². The number of anilines is 1. The molecule has 5 nitrogen and oxygen atoms in total. The van der Waals surface area contributed by atoms with Crippen LogP contribution >= 0.6 is 22.6 Å². The molecule has 2 aromatic rings. The number of hydrogen-bond donors (Lipinski definition) is 1. The van der Waals surface area contributed by atoms with Crippen molar-refractivity contribution in [3.8, 4) is 17.6 Å². The van der Waals surface area contributed by atoms with E-state index in [1.807, 2.05) is 38.1 Å². The Morgan fingerprint density at radius 1 is 1.27 bits per heavy atom. The van der Waals surface area contributed by atoms with E-state index in [-0.39, 0.29) is 5.57 Å². The van der Waals surface area contributed by atoms with E-state index in [4.69, 9.17) is 9.47 Å². The van der Waals surface area contributed by atoms with E-state index in [1.54, 1.807) is 25.3 Å². The normalized spacial score (nSPS) is 10.8. The predicted octanol–water partition coefficient (Wildman–Crippen LogP) is 4.55. The summed E-state index contributed by atoms with van der Waals surface area (Å²) in [6, 6.07) is 12.9. The van der Waals surface area contributed by atoms with Crippen molar-refractivity contribution < 1.29 is 14.3 Å². The van der Waals surface area contributed by atoms with Crippen LogP contribution in [0.4, 0.5) is 5.69 Å². The zero-order valence-corrected chi connectivity index (χ0v) is 17.0. The van der Waals surface area contributed by atoms with Crippen molar-refractivity contribution in [2.24, 2.45) is 0 Å². The third-order valence-corrected chi connectivity index (χ3v) is 4.27. The van der Waals surface area contributed by atoms with Crippen LogP contribution in [0.15, 0.2) is 42.0 Å². The molecule has 0 bridgehead atoms. The molecule has 0 fully saturated rings. The molecule has 0 unspecified atom stereocenters. The number of aryl methyl sites for hydroxylation is 1. The summed E-state index contributed by atoms with van der Waals surface area (Å²) in [4.78, 5) is 12.4. The standard InChI is InChI=1S/C20H19IN2O3/c1-4-26-18-8-5-14(11-19(18)25-3)10-15(12-22)20(24)23-17-7-6-16(21)9-13(17)2/h5-11H,4H2,1-3H3,(H,23,24). The zero-order chi connectivity index (χ0) is 19.1. The molecule has 0 saturated carbocycles. The van der Waals surface area contributed by atoms with Gasteiger partial charge in [-0.25, -0.2) is 0 Å². The van der Waals surface area contributed by atoms with Crippen LogP contribution in [0.1, 0.15) is 18.1 Å². The topological polar surface area (TPSA) is 71.3 Å². The average molecular weight is 462 g/mol. The smallest absolute Gasteiger partial charge is 0.266 e. The molecule has 0 aliphatic heterocycles. The number of benzene rings is 2.